The lowest BCUT2D eigenvalue weighted by atomic mass is 9.98. The van der Waals surface area contributed by atoms with Gasteiger partial charge >= 0.3 is 0 Å². The van der Waals surface area contributed by atoms with Gasteiger partial charge in [-0.05, 0) is 33.7 Å². The van der Waals surface area contributed by atoms with E-state index >= 15 is 0 Å². The second kappa shape index (κ2) is 4.68. The molecule has 2 heteroatoms. The fourth-order valence-corrected chi connectivity index (χ4v) is 3.33. The lowest BCUT2D eigenvalue weighted by molar-refractivity contribution is 1.12. The zero-order chi connectivity index (χ0) is 15.2. The molecule has 0 aliphatic heterocycles. The average Bonchev–Trinajstić information content (AvgIpc) is 3.05. The van der Waals surface area contributed by atoms with Crippen LogP contribution in [0.5, 0.6) is 0 Å². The van der Waals surface area contributed by atoms with Crippen molar-refractivity contribution in [3.05, 3.63) is 78.9 Å². The molecule has 4 aromatic carbocycles. The van der Waals surface area contributed by atoms with Crippen LogP contribution in [-0.4, -0.2) is 10.2 Å². The number of para-hydroxylation sites is 1. The third kappa shape index (κ3) is 1.85. The zero-order valence-corrected chi connectivity index (χ0v) is 12.5. The van der Waals surface area contributed by atoms with E-state index < -0.39 is 0 Å². The molecule has 0 spiro atoms. The van der Waals surface area contributed by atoms with Gasteiger partial charge in [0, 0.05) is 10.9 Å². The Morgan fingerprint density at radius 2 is 1.30 bits per heavy atom. The Morgan fingerprint density at radius 1 is 0.609 bits per heavy atom. The van der Waals surface area contributed by atoms with Gasteiger partial charge in [-0.2, -0.15) is 5.10 Å². The summed E-state index contributed by atoms with van der Waals surface area (Å²) in [6.45, 7) is 0. The Labute approximate surface area is 133 Å². The van der Waals surface area contributed by atoms with Crippen molar-refractivity contribution in [1.82, 2.24) is 10.2 Å². The van der Waals surface area contributed by atoms with E-state index in [1.165, 1.54) is 21.5 Å². The van der Waals surface area contributed by atoms with Crippen molar-refractivity contribution in [2.45, 2.75) is 0 Å². The van der Waals surface area contributed by atoms with E-state index in [4.69, 9.17) is 0 Å². The van der Waals surface area contributed by atoms with Crippen molar-refractivity contribution >= 4 is 32.4 Å². The van der Waals surface area contributed by atoms with E-state index in [0.717, 1.165) is 22.2 Å². The van der Waals surface area contributed by atoms with Gasteiger partial charge in [0.15, 0.2) is 0 Å². The molecule has 0 atom stereocenters. The molecule has 1 heterocycles. The van der Waals surface area contributed by atoms with Gasteiger partial charge < -0.3 is 0 Å². The molecule has 1 aromatic heterocycles. The lowest BCUT2D eigenvalue weighted by Crippen LogP contribution is -1.82. The number of nitrogens with one attached hydrogen (secondary N) is 1. The Hall–Kier alpha value is -3.13. The molecule has 108 valence electrons. The highest BCUT2D eigenvalue weighted by Gasteiger charge is 2.09. The molecule has 0 fully saturated rings. The van der Waals surface area contributed by atoms with Crippen LogP contribution in [0.3, 0.4) is 0 Å². The van der Waals surface area contributed by atoms with Crippen LogP contribution in [0.1, 0.15) is 0 Å². The number of nitrogens with zero attached hydrogens (tertiary/aromatic N) is 1. The molecular weight excluding hydrogens is 280 g/mol. The zero-order valence-electron chi connectivity index (χ0n) is 12.5. The van der Waals surface area contributed by atoms with Crippen LogP contribution in [0, 0.1) is 0 Å². The van der Waals surface area contributed by atoms with E-state index in [1.54, 1.807) is 0 Å². The molecule has 5 rings (SSSR count). The second-order valence-electron chi connectivity index (χ2n) is 5.84. The third-order valence-electron chi connectivity index (χ3n) is 4.49. The van der Waals surface area contributed by atoms with Gasteiger partial charge in [0.05, 0.1) is 11.2 Å². The quantitative estimate of drug-likeness (QED) is 0.404. The summed E-state index contributed by atoms with van der Waals surface area (Å²) in [5, 5.41) is 13.9. The highest BCUT2D eigenvalue weighted by molar-refractivity contribution is 6.09. The maximum Gasteiger partial charge on any atom is 0.0999 e. The molecule has 0 aliphatic rings. The molecule has 0 amide bonds. The summed E-state index contributed by atoms with van der Waals surface area (Å²) in [5.74, 6) is 0. The van der Waals surface area contributed by atoms with Gasteiger partial charge in [0.2, 0.25) is 0 Å². The van der Waals surface area contributed by atoms with Crippen LogP contribution < -0.4 is 0 Å². The van der Waals surface area contributed by atoms with E-state index in [2.05, 4.69) is 83.0 Å². The van der Waals surface area contributed by atoms with Crippen LogP contribution >= 0.6 is 0 Å². The van der Waals surface area contributed by atoms with Crippen LogP contribution in [0.15, 0.2) is 78.9 Å². The summed E-state index contributed by atoms with van der Waals surface area (Å²) in [7, 11) is 0. The second-order valence-corrected chi connectivity index (χ2v) is 5.84. The number of aromatic amines is 1. The van der Waals surface area contributed by atoms with Crippen molar-refractivity contribution in [2.24, 2.45) is 0 Å². The monoisotopic (exact) mass is 294 g/mol. The number of hydrogen-bond donors (Lipinski definition) is 1. The van der Waals surface area contributed by atoms with Gasteiger partial charge in [-0.3, -0.25) is 5.10 Å². The number of H-pyrrole nitrogens is 1. The first-order valence-electron chi connectivity index (χ1n) is 7.75. The molecular formula is C21H14N2. The molecule has 0 saturated heterocycles. The number of rotatable bonds is 1. The van der Waals surface area contributed by atoms with Crippen LogP contribution in [-0.2, 0) is 0 Å². The van der Waals surface area contributed by atoms with Gasteiger partial charge in [0.25, 0.3) is 0 Å². The Morgan fingerprint density at radius 3 is 2.22 bits per heavy atom. The average molecular weight is 294 g/mol. The van der Waals surface area contributed by atoms with Crippen molar-refractivity contribution in [2.75, 3.05) is 0 Å². The highest BCUT2D eigenvalue weighted by Crippen LogP contribution is 2.32. The first-order chi connectivity index (χ1) is 11.4. The normalized spacial score (nSPS) is 11.5. The molecule has 0 radical (unpaired) electrons. The number of hydrogen-bond acceptors (Lipinski definition) is 1. The summed E-state index contributed by atoms with van der Waals surface area (Å²) in [6.07, 6.45) is 0. The summed E-state index contributed by atoms with van der Waals surface area (Å²) in [6, 6.07) is 27.7. The molecule has 23 heavy (non-hydrogen) atoms. The van der Waals surface area contributed by atoms with Gasteiger partial charge in [-0.25, -0.2) is 0 Å². The van der Waals surface area contributed by atoms with Gasteiger partial charge in [-0.15, -0.1) is 0 Å². The first-order valence-corrected chi connectivity index (χ1v) is 7.75. The third-order valence-corrected chi connectivity index (χ3v) is 4.49. The summed E-state index contributed by atoms with van der Waals surface area (Å²) >= 11 is 0. The molecule has 0 aliphatic carbocycles. The minimum atomic E-state index is 1.01. The number of benzene rings is 4. The maximum absolute atomic E-state index is 4.53. The van der Waals surface area contributed by atoms with Crippen LogP contribution in [0.25, 0.3) is 43.7 Å². The highest BCUT2D eigenvalue weighted by atomic mass is 15.1. The standard InChI is InChI=1S/C21H14N2/c1-2-6-17-14(5-1)9-10-15-11-12-16(13-19(15)17)21-18-7-3-4-8-20(18)22-23-21/h1-13H,(H,22,23). The Balaban J connectivity index is 1.84. The summed E-state index contributed by atoms with van der Waals surface area (Å²) in [4.78, 5) is 0. The van der Waals surface area contributed by atoms with Crippen molar-refractivity contribution < 1.29 is 0 Å². The predicted octanol–water partition coefficient (Wildman–Crippen LogP) is 5.54. The number of fused-ring (bicyclic) bond motifs is 4. The molecule has 2 nitrogen and oxygen atoms in total. The van der Waals surface area contributed by atoms with Crippen molar-refractivity contribution in [3.8, 4) is 11.3 Å². The number of aromatic nitrogens is 2. The van der Waals surface area contributed by atoms with E-state index in [9.17, 15) is 0 Å². The summed E-state index contributed by atoms with van der Waals surface area (Å²) < 4.78 is 0. The molecule has 5 aromatic rings. The van der Waals surface area contributed by atoms with Gasteiger partial charge in [-0.1, -0.05) is 66.7 Å². The topological polar surface area (TPSA) is 28.7 Å². The summed E-state index contributed by atoms with van der Waals surface area (Å²) in [5.41, 5.74) is 3.22. The largest absolute Gasteiger partial charge is 0.277 e. The predicted molar refractivity (Wildman–Crippen MR) is 96.5 cm³/mol. The van der Waals surface area contributed by atoms with Crippen molar-refractivity contribution in [1.29, 1.82) is 0 Å². The van der Waals surface area contributed by atoms with E-state index in [1.807, 2.05) is 6.07 Å². The molecule has 1 N–H and O–H groups in total. The minimum Gasteiger partial charge on any atom is -0.277 e. The smallest absolute Gasteiger partial charge is 0.0999 e. The van der Waals surface area contributed by atoms with Crippen molar-refractivity contribution in [3.63, 3.8) is 0 Å². The molecule has 0 unspecified atom stereocenters. The van der Waals surface area contributed by atoms with E-state index in [0.29, 0.717) is 0 Å². The SMILES string of the molecule is c1ccc2c(c1)ccc1ccc(-c3n[nH]c4ccccc34)cc12. The maximum atomic E-state index is 4.53. The first kappa shape index (κ1) is 12.4. The minimum absolute atomic E-state index is 1.01. The van der Waals surface area contributed by atoms with E-state index in [-0.39, 0.29) is 0 Å². The fourth-order valence-electron chi connectivity index (χ4n) is 3.33. The van der Waals surface area contributed by atoms with Gasteiger partial charge in [0.1, 0.15) is 0 Å². The lowest BCUT2D eigenvalue weighted by Gasteiger charge is -2.06. The van der Waals surface area contributed by atoms with Crippen LogP contribution in [0.4, 0.5) is 0 Å². The molecule has 0 bridgehead atoms. The molecule has 0 saturated carbocycles. The van der Waals surface area contributed by atoms with Crippen LogP contribution in [0.2, 0.25) is 0 Å². The fraction of sp³-hybridized carbons (Fsp3) is 0. The Kier molecular flexibility index (Phi) is 2.53. The Bertz CT molecular complexity index is 1170.